The van der Waals surface area contributed by atoms with Crippen molar-refractivity contribution in [1.29, 1.82) is 0 Å². The standard InChI is InChI=1S/C27H30N3/c1-26(2,3)18-14-15-29-17-30-22-13-9-12-21(27(4,5)6)24(22)28-25(30)20-11-8-7-10-19(20)23(29)16-18/h7-16H,17H2,1-6H3/q+1. The Morgan fingerprint density at radius 2 is 1.57 bits per heavy atom. The zero-order valence-corrected chi connectivity index (χ0v) is 18.8. The Labute approximate surface area is 179 Å². The fraction of sp³-hybridized carbons (Fsp3) is 0.333. The van der Waals surface area contributed by atoms with Gasteiger partial charge in [-0.2, -0.15) is 4.57 Å². The van der Waals surface area contributed by atoms with E-state index in [0.29, 0.717) is 0 Å². The molecule has 3 heteroatoms. The van der Waals surface area contributed by atoms with E-state index >= 15 is 0 Å². The molecular weight excluding hydrogens is 366 g/mol. The van der Waals surface area contributed by atoms with Gasteiger partial charge in [0.2, 0.25) is 12.4 Å². The maximum absolute atomic E-state index is 5.22. The number of rotatable bonds is 0. The van der Waals surface area contributed by atoms with Crippen LogP contribution in [0.4, 0.5) is 0 Å². The van der Waals surface area contributed by atoms with E-state index in [9.17, 15) is 0 Å². The zero-order valence-electron chi connectivity index (χ0n) is 18.8. The minimum absolute atomic E-state index is 0.0479. The highest BCUT2D eigenvalue weighted by Crippen LogP contribution is 2.38. The van der Waals surface area contributed by atoms with Gasteiger partial charge >= 0.3 is 0 Å². The number of para-hydroxylation sites is 1. The molecule has 0 saturated carbocycles. The molecule has 30 heavy (non-hydrogen) atoms. The van der Waals surface area contributed by atoms with Crippen LogP contribution in [0, 0.1) is 0 Å². The molecule has 152 valence electrons. The van der Waals surface area contributed by atoms with Gasteiger partial charge in [-0.05, 0) is 34.1 Å². The Morgan fingerprint density at radius 3 is 2.27 bits per heavy atom. The molecule has 0 spiro atoms. The predicted molar refractivity (Wildman–Crippen MR) is 124 cm³/mol. The van der Waals surface area contributed by atoms with Crippen LogP contribution in [0.3, 0.4) is 0 Å². The second-order valence-corrected chi connectivity index (χ2v) is 10.5. The number of nitrogens with zero attached hydrogens (tertiary/aromatic N) is 3. The third-order valence-electron chi connectivity index (χ3n) is 6.23. The molecule has 0 bridgehead atoms. The van der Waals surface area contributed by atoms with Crippen molar-refractivity contribution in [2.45, 2.75) is 59.0 Å². The summed E-state index contributed by atoms with van der Waals surface area (Å²) in [6.07, 6.45) is 2.24. The van der Waals surface area contributed by atoms with Crippen LogP contribution in [0.15, 0.2) is 60.8 Å². The maximum Gasteiger partial charge on any atom is 0.229 e. The minimum atomic E-state index is 0.0479. The van der Waals surface area contributed by atoms with Crippen LogP contribution in [0.1, 0.15) is 52.7 Å². The summed E-state index contributed by atoms with van der Waals surface area (Å²) in [5, 5.41) is 0. The van der Waals surface area contributed by atoms with Crippen LogP contribution in [-0.4, -0.2) is 9.55 Å². The van der Waals surface area contributed by atoms with Crippen molar-refractivity contribution in [3.63, 3.8) is 0 Å². The first kappa shape index (κ1) is 19.0. The third-order valence-corrected chi connectivity index (χ3v) is 6.23. The average molecular weight is 397 g/mol. The number of aromatic nitrogens is 3. The number of pyridine rings is 1. The van der Waals surface area contributed by atoms with Crippen LogP contribution in [0.2, 0.25) is 0 Å². The smallest absolute Gasteiger partial charge is 0.229 e. The molecule has 0 fully saturated rings. The highest BCUT2D eigenvalue weighted by atomic mass is 15.2. The largest absolute Gasteiger partial charge is 0.267 e. The van der Waals surface area contributed by atoms with Crippen molar-refractivity contribution in [2.24, 2.45) is 0 Å². The second-order valence-electron chi connectivity index (χ2n) is 10.5. The molecule has 0 radical (unpaired) electrons. The summed E-state index contributed by atoms with van der Waals surface area (Å²) in [5.74, 6) is 1.05. The molecule has 0 saturated heterocycles. The lowest BCUT2D eigenvalue weighted by molar-refractivity contribution is -0.689. The van der Waals surface area contributed by atoms with Crippen LogP contribution in [0.5, 0.6) is 0 Å². The molecule has 3 nitrogen and oxygen atoms in total. The third kappa shape index (κ3) is 2.87. The van der Waals surface area contributed by atoms with Crippen molar-refractivity contribution >= 4 is 11.0 Å². The molecule has 0 aliphatic carbocycles. The summed E-state index contributed by atoms with van der Waals surface area (Å²) >= 11 is 0. The van der Waals surface area contributed by atoms with Gasteiger partial charge in [-0.25, -0.2) is 4.98 Å². The highest BCUT2D eigenvalue weighted by Gasteiger charge is 2.30. The molecule has 1 aliphatic heterocycles. The van der Waals surface area contributed by atoms with E-state index in [-0.39, 0.29) is 10.8 Å². The van der Waals surface area contributed by atoms with Gasteiger partial charge in [-0.15, -0.1) is 0 Å². The number of benzene rings is 2. The van der Waals surface area contributed by atoms with E-state index in [2.05, 4.69) is 111 Å². The summed E-state index contributed by atoms with van der Waals surface area (Å²) < 4.78 is 4.73. The average Bonchev–Trinajstić information content (AvgIpc) is 2.98. The van der Waals surface area contributed by atoms with E-state index in [1.165, 1.54) is 33.5 Å². The van der Waals surface area contributed by atoms with Crippen molar-refractivity contribution in [2.75, 3.05) is 0 Å². The maximum atomic E-state index is 5.22. The monoisotopic (exact) mass is 396 g/mol. The van der Waals surface area contributed by atoms with Crippen LogP contribution in [-0.2, 0) is 17.5 Å². The Balaban J connectivity index is 1.83. The molecule has 1 aliphatic rings. The number of hydrogen-bond acceptors (Lipinski definition) is 1. The fourth-order valence-corrected chi connectivity index (χ4v) is 4.51. The lowest BCUT2D eigenvalue weighted by atomic mass is 9.86. The number of imidazole rings is 1. The molecule has 0 N–H and O–H groups in total. The summed E-state index contributed by atoms with van der Waals surface area (Å²) in [6.45, 7) is 14.4. The lowest BCUT2D eigenvalue weighted by Crippen LogP contribution is -2.39. The fourth-order valence-electron chi connectivity index (χ4n) is 4.51. The summed E-state index contributed by atoms with van der Waals surface area (Å²) in [5.41, 5.74) is 8.82. The van der Waals surface area contributed by atoms with Gasteiger partial charge in [-0.3, -0.25) is 4.57 Å². The quantitative estimate of drug-likeness (QED) is 0.291. The predicted octanol–water partition coefficient (Wildman–Crippen LogP) is 6.07. The van der Waals surface area contributed by atoms with Gasteiger partial charge in [0.25, 0.3) is 0 Å². The molecule has 3 heterocycles. The molecule has 5 rings (SSSR count). The van der Waals surface area contributed by atoms with Gasteiger partial charge in [-0.1, -0.05) is 71.9 Å². The van der Waals surface area contributed by atoms with Crippen molar-refractivity contribution in [3.05, 3.63) is 71.9 Å². The molecule has 0 unspecified atom stereocenters. The normalized spacial score (nSPS) is 13.5. The van der Waals surface area contributed by atoms with Crippen LogP contribution < -0.4 is 4.57 Å². The highest BCUT2D eigenvalue weighted by molar-refractivity contribution is 5.88. The molecule has 4 aromatic rings. The van der Waals surface area contributed by atoms with E-state index in [4.69, 9.17) is 4.98 Å². The molecule has 0 atom stereocenters. The first-order valence-electron chi connectivity index (χ1n) is 10.8. The number of hydrogen-bond donors (Lipinski definition) is 0. The molecule has 2 aromatic carbocycles. The van der Waals surface area contributed by atoms with E-state index in [0.717, 1.165) is 18.0 Å². The van der Waals surface area contributed by atoms with E-state index < -0.39 is 0 Å². The van der Waals surface area contributed by atoms with Gasteiger partial charge in [0, 0.05) is 17.7 Å². The Hall–Kier alpha value is -2.94. The Morgan fingerprint density at radius 1 is 0.833 bits per heavy atom. The van der Waals surface area contributed by atoms with E-state index in [1.807, 2.05) is 0 Å². The van der Waals surface area contributed by atoms with Gasteiger partial charge in [0.05, 0.1) is 16.6 Å². The summed E-state index contributed by atoms with van der Waals surface area (Å²) in [6, 6.07) is 19.9. The minimum Gasteiger partial charge on any atom is -0.267 e. The topological polar surface area (TPSA) is 21.7 Å². The van der Waals surface area contributed by atoms with Gasteiger partial charge < -0.3 is 0 Å². The number of fused-ring (bicyclic) bond motifs is 7. The van der Waals surface area contributed by atoms with E-state index in [1.54, 1.807) is 0 Å². The Kier molecular flexibility index (Phi) is 3.99. The summed E-state index contributed by atoms with van der Waals surface area (Å²) in [4.78, 5) is 5.22. The van der Waals surface area contributed by atoms with Crippen molar-refractivity contribution in [3.8, 4) is 22.6 Å². The zero-order chi connectivity index (χ0) is 21.3. The molecule has 0 amide bonds. The van der Waals surface area contributed by atoms with Gasteiger partial charge in [0.1, 0.15) is 5.82 Å². The van der Waals surface area contributed by atoms with Crippen molar-refractivity contribution < 1.29 is 4.57 Å². The first-order chi connectivity index (χ1) is 14.1. The van der Waals surface area contributed by atoms with Crippen LogP contribution >= 0.6 is 0 Å². The van der Waals surface area contributed by atoms with Crippen molar-refractivity contribution in [1.82, 2.24) is 9.55 Å². The van der Waals surface area contributed by atoms with Crippen LogP contribution in [0.25, 0.3) is 33.7 Å². The second kappa shape index (κ2) is 6.28. The first-order valence-corrected chi connectivity index (χ1v) is 10.8. The molecular formula is C27H30N3+. The summed E-state index contributed by atoms with van der Waals surface area (Å²) in [7, 11) is 0. The van der Waals surface area contributed by atoms with Gasteiger partial charge in [0.15, 0.2) is 6.20 Å². The molecule has 2 aromatic heterocycles. The SMILES string of the molecule is CC(C)(C)c1cc[n+]2c(c1)-c1ccccc1-c1nc3c(C(C)(C)C)cccc3n1C2. The Bertz CT molecular complexity index is 1280. The lowest BCUT2D eigenvalue weighted by Gasteiger charge is -2.19.